The van der Waals surface area contributed by atoms with Gasteiger partial charge in [-0.2, -0.15) is 0 Å². The van der Waals surface area contributed by atoms with Crippen molar-refractivity contribution in [3.8, 4) is 0 Å². The number of nitrogens with zero attached hydrogens (tertiary/aromatic N) is 1. The second-order valence-corrected chi connectivity index (χ2v) is 4.81. The lowest BCUT2D eigenvalue weighted by Crippen LogP contribution is -2.46. The molecule has 0 aromatic heterocycles. The Morgan fingerprint density at radius 2 is 1.94 bits per heavy atom. The van der Waals surface area contributed by atoms with Crippen molar-refractivity contribution in [3.05, 3.63) is 0 Å². The minimum Gasteiger partial charge on any atom is -0.467 e. The largest absolute Gasteiger partial charge is 0.467 e. The van der Waals surface area contributed by atoms with Crippen molar-refractivity contribution < 1.29 is 19.1 Å². The molecule has 0 N–H and O–H groups in total. The molecule has 0 unspecified atom stereocenters. The normalized spacial score (nSPS) is 18.1. The lowest BCUT2D eigenvalue weighted by atomic mass is 10.00. The molecule has 1 saturated carbocycles. The van der Waals surface area contributed by atoms with E-state index in [1.807, 2.05) is 0 Å². The van der Waals surface area contributed by atoms with Gasteiger partial charge in [-0.1, -0.05) is 15.9 Å². The van der Waals surface area contributed by atoms with E-state index in [1.54, 1.807) is 6.92 Å². The fourth-order valence-electron chi connectivity index (χ4n) is 1.71. The highest BCUT2D eigenvalue weighted by atomic mass is 79.9. The van der Waals surface area contributed by atoms with Crippen LogP contribution in [0.25, 0.3) is 0 Å². The van der Waals surface area contributed by atoms with Gasteiger partial charge >= 0.3 is 5.97 Å². The van der Waals surface area contributed by atoms with Gasteiger partial charge < -0.3 is 9.64 Å². The maximum Gasteiger partial charge on any atom is 0.328 e. The Morgan fingerprint density at radius 1 is 1.41 bits per heavy atom. The molecule has 0 aliphatic heterocycles. The van der Waals surface area contributed by atoms with Crippen LogP contribution in [0.15, 0.2) is 0 Å². The van der Waals surface area contributed by atoms with E-state index in [4.69, 9.17) is 0 Å². The van der Waals surface area contributed by atoms with Crippen molar-refractivity contribution in [2.75, 3.05) is 19.5 Å². The lowest BCUT2D eigenvalue weighted by Gasteiger charge is -2.26. The third kappa shape index (κ3) is 2.51. The van der Waals surface area contributed by atoms with Crippen LogP contribution >= 0.6 is 15.9 Å². The highest BCUT2D eigenvalue weighted by Gasteiger charge is 2.57. The Kier molecular flexibility index (Phi) is 4.30. The monoisotopic (exact) mass is 305 g/mol. The molecule has 6 heteroatoms. The molecule has 0 spiro atoms. The molecule has 1 rings (SSSR count). The highest BCUT2D eigenvalue weighted by Crippen LogP contribution is 2.48. The molecule has 0 aromatic rings. The minimum atomic E-state index is -0.902. The molecule has 0 heterocycles. The maximum atomic E-state index is 12.2. The summed E-state index contributed by atoms with van der Waals surface area (Å²) in [6, 6.07) is -0.673. The van der Waals surface area contributed by atoms with Crippen molar-refractivity contribution in [3.63, 3.8) is 0 Å². The topological polar surface area (TPSA) is 63.7 Å². The minimum absolute atomic E-state index is 0.119. The number of amides is 1. The third-order valence-electron chi connectivity index (χ3n) is 3.26. The molecule has 1 atom stereocenters. The highest BCUT2D eigenvalue weighted by molar-refractivity contribution is 9.09. The van der Waals surface area contributed by atoms with Gasteiger partial charge in [0, 0.05) is 7.05 Å². The SMILES string of the molecule is COC(=O)[C@@H](C)N(C)C(=O)C1(C(=O)CBr)CC1. The number of carbonyl (C=O) groups is 3. The summed E-state index contributed by atoms with van der Waals surface area (Å²) in [6.45, 7) is 1.58. The Morgan fingerprint density at radius 3 is 2.29 bits per heavy atom. The first kappa shape index (κ1) is 14.2. The van der Waals surface area contributed by atoms with Crippen LogP contribution in [0.3, 0.4) is 0 Å². The first-order valence-corrected chi connectivity index (χ1v) is 6.47. The summed E-state index contributed by atoms with van der Waals surface area (Å²) < 4.78 is 4.58. The third-order valence-corrected chi connectivity index (χ3v) is 3.77. The van der Waals surface area contributed by atoms with Crippen molar-refractivity contribution in [2.45, 2.75) is 25.8 Å². The van der Waals surface area contributed by atoms with Crippen LogP contribution in [0, 0.1) is 5.41 Å². The molecular formula is C11H16BrNO4. The summed E-state index contributed by atoms with van der Waals surface area (Å²) in [6.07, 6.45) is 1.13. The molecule has 5 nitrogen and oxygen atoms in total. The first-order chi connectivity index (χ1) is 7.90. The first-order valence-electron chi connectivity index (χ1n) is 5.35. The zero-order valence-corrected chi connectivity index (χ0v) is 11.7. The van der Waals surface area contributed by atoms with Gasteiger partial charge in [0.1, 0.15) is 11.5 Å². The number of likely N-dealkylation sites (N-methyl/N-ethyl adjacent to an activating group) is 1. The summed E-state index contributed by atoms with van der Waals surface area (Å²) in [7, 11) is 2.79. The summed E-state index contributed by atoms with van der Waals surface area (Å²) >= 11 is 3.08. The number of methoxy groups -OCH3 is 1. The van der Waals surface area contributed by atoms with Gasteiger partial charge in [0.15, 0.2) is 5.78 Å². The molecule has 1 aliphatic rings. The van der Waals surface area contributed by atoms with Crippen LogP contribution in [-0.4, -0.2) is 48.1 Å². The number of ether oxygens (including phenoxy) is 1. The van der Waals surface area contributed by atoms with Gasteiger partial charge in [-0.15, -0.1) is 0 Å². The number of hydrogen-bond acceptors (Lipinski definition) is 4. The number of alkyl halides is 1. The summed E-state index contributed by atoms with van der Waals surface area (Å²) in [5.74, 6) is -0.894. The van der Waals surface area contributed by atoms with Gasteiger partial charge in [-0.25, -0.2) is 4.79 Å². The molecule has 1 aliphatic carbocycles. The van der Waals surface area contributed by atoms with E-state index in [9.17, 15) is 14.4 Å². The summed E-state index contributed by atoms with van der Waals surface area (Å²) in [4.78, 5) is 36.5. The number of rotatable bonds is 5. The van der Waals surface area contributed by atoms with Crippen molar-refractivity contribution in [1.29, 1.82) is 0 Å². The molecule has 17 heavy (non-hydrogen) atoms. The van der Waals surface area contributed by atoms with Crippen LogP contribution in [-0.2, 0) is 19.1 Å². The van der Waals surface area contributed by atoms with E-state index in [2.05, 4.69) is 20.7 Å². The zero-order chi connectivity index (χ0) is 13.2. The van der Waals surface area contributed by atoms with Crippen LogP contribution < -0.4 is 0 Å². The van der Waals surface area contributed by atoms with E-state index >= 15 is 0 Å². The second-order valence-electron chi connectivity index (χ2n) is 4.25. The second kappa shape index (κ2) is 5.16. The molecular weight excluding hydrogens is 290 g/mol. The van der Waals surface area contributed by atoms with Crippen LogP contribution in [0.5, 0.6) is 0 Å². The van der Waals surface area contributed by atoms with E-state index in [0.717, 1.165) is 0 Å². The van der Waals surface area contributed by atoms with Gasteiger partial charge in [0.2, 0.25) is 5.91 Å². The fourth-order valence-corrected chi connectivity index (χ4v) is 2.24. The number of hydrogen-bond donors (Lipinski definition) is 0. The zero-order valence-electron chi connectivity index (χ0n) is 10.2. The van der Waals surface area contributed by atoms with E-state index in [0.29, 0.717) is 12.8 Å². The van der Waals surface area contributed by atoms with Crippen molar-refractivity contribution in [2.24, 2.45) is 5.41 Å². The lowest BCUT2D eigenvalue weighted by molar-refractivity contribution is -0.154. The average molecular weight is 306 g/mol. The number of ketones is 1. The molecule has 96 valence electrons. The number of Topliss-reactive ketones (excluding diaryl/α,β-unsaturated/α-hetero) is 1. The Bertz CT molecular complexity index is 351. The van der Waals surface area contributed by atoms with Crippen molar-refractivity contribution >= 4 is 33.6 Å². The molecule has 1 fully saturated rings. The quantitative estimate of drug-likeness (QED) is 0.427. The standard InChI is InChI=1S/C11H16BrNO4/c1-7(9(15)17-3)13(2)10(16)11(4-5-11)8(14)6-12/h7H,4-6H2,1-3H3/t7-/m1/s1. The molecule has 1 amide bonds. The number of esters is 1. The summed E-state index contributed by atoms with van der Waals surface area (Å²) in [5.41, 5.74) is -0.902. The predicted octanol–water partition coefficient (Wildman–Crippen LogP) is 0.750. The molecule has 0 radical (unpaired) electrons. The Hall–Kier alpha value is -0.910. The Balaban J connectivity index is 2.77. The smallest absolute Gasteiger partial charge is 0.328 e. The molecule has 0 saturated heterocycles. The fraction of sp³-hybridized carbons (Fsp3) is 0.727. The van der Waals surface area contributed by atoms with Gasteiger partial charge in [-0.3, -0.25) is 9.59 Å². The maximum absolute atomic E-state index is 12.2. The predicted molar refractivity (Wildman–Crippen MR) is 64.7 cm³/mol. The summed E-state index contributed by atoms with van der Waals surface area (Å²) in [5, 5.41) is 0.166. The molecule has 0 bridgehead atoms. The Labute approximate surface area is 109 Å². The average Bonchev–Trinajstić information content (AvgIpc) is 3.15. The van der Waals surface area contributed by atoms with Crippen molar-refractivity contribution in [1.82, 2.24) is 4.90 Å². The van der Waals surface area contributed by atoms with Crippen LogP contribution in [0.4, 0.5) is 0 Å². The number of carbonyl (C=O) groups excluding carboxylic acids is 3. The van der Waals surface area contributed by atoms with Gasteiger partial charge in [0.25, 0.3) is 0 Å². The van der Waals surface area contributed by atoms with E-state index < -0.39 is 17.4 Å². The van der Waals surface area contributed by atoms with Gasteiger partial charge in [0.05, 0.1) is 12.4 Å². The molecule has 0 aromatic carbocycles. The van der Waals surface area contributed by atoms with Crippen LogP contribution in [0.1, 0.15) is 19.8 Å². The van der Waals surface area contributed by atoms with Gasteiger partial charge in [-0.05, 0) is 19.8 Å². The van der Waals surface area contributed by atoms with E-state index in [-0.39, 0.29) is 17.0 Å². The number of halogens is 1. The van der Waals surface area contributed by atoms with E-state index in [1.165, 1.54) is 19.1 Å². The van der Waals surface area contributed by atoms with Crippen LogP contribution in [0.2, 0.25) is 0 Å².